The van der Waals surface area contributed by atoms with Crippen LogP contribution in [0.1, 0.15) is 0 Å². The number of nitrogens with zero attached hydrogens (tertiary/aromatic N) is 2. The zero-order valence-corrected chi connectivity index (χ0v) is 5.53. The highest BCUT2D eigenvalue weighted by Gasteiger charge is 1.95. The lowest BCUT2D eigenvalue weighted by molar-refractivity contribution is -0.757. The molecule has 0 saturated carbocycles. The zero-order valence-electron chi connectivity index (χ0n) is 5.53. The Morgan fingerprint density at radius 2 is 2.33 bits per heavy atom. The molecule has 0 spiro atoms. The van der Waals surface area contributed by atoms with Crippen molar-refractivity contribution in [2.45, 2.75) is 0 Å². The smallest absolute Gasteiger partial charge is 0.264 e. The molecule has 1 rings (SSSR count). The van der Waals surface area contributed by atoms with Gasteiger partial charge in [-0.2, -0.15) is 0 Å². The first-order chi connectivity index (χ1) is 4.22. The Labute approximate surface area is 53.2 Å². The molecule has 1 aromatic heterocycles. The molecule has 0 saturated heterocycles. The van der Waals surface area contributed by atoms with Gasteiger partial charge >= 0.3 is 5.56 Å². The van der Waals surface area contributed by atoms with Crippen LogP contribution in [0.2, 0.25) is 0 Å². The summed E-state index contributed by atoms with van der Waals surface area (Å²) < 4.78 is 3.25. The first-order valence-corrected chi connectivity index (χ1v) is 2.74. The largest absolute Gasteiger partial charge is 0.300 e. The van der Waals surface area contributed by atoms with E-state index in [1.54, 1.807) is 17.8 Å². The van der Waals surface area contributed by atoms with E-state index >= 15 is 0 Å². The van der Waals surface area contributed by atoms with Crippen molar-refractivity contribution in [2.24, 2.45) is 14.1 Å². The molecule has 1 heterocycles. The number of aromatic nitrogens is 2. The van der Waals surface area contributed by atoms with Crippen LogP contribution >= 0.6 is 0 Å². The third-order valence-corrected chi connectivity index (χ3v) is 1.33. The second-order valence-corrected chi connectivity index (χ2v) is 1.94. The van der Waals surface area contributed by atoms with E-state index < -0.39 is 0 Å². The lowest BCUT2D eigenvalue weighted by Gasteiger charge is -1.91. The molecule has 0 amide bonds. The highest BCUT2D eigenvalue weighted by molar-refractivity contribution is 4.79. The van der Waals surface area contributed by atoms with Crippen LogP contribution in [-0.2, 0) is 14.1 Å². The van der Waals surface area contributed by atoms with Gasteiger partial charge in [0, 0.05) is 12.1 Å². The van der Waals surface area contributed by atoms with Gasteiger partial charge in [-0.15, -0.1) is 9.36 Å². The maximum Gasteiger partial charge on any atom is 0.300 e. The summed E-state index contributed by atoms with van der Waals surface area (Å²) in [6, 6.07) is 3.25. The third-order valence-electron chi connectivity index (χ3n) is 1.33. The second-order valence-electron chi connectivity index (χ2n) is 1.94. The van der Waals surface area contributed by atoms with Gasteiger partial charge in [-0.25, -0.2) is 0 Å². The minimum Gasteiger partial charge on any atom is -0.264 e. The van der Waals surface area contributed by atoms with Gasteiger partial charge in [0.05, 0.1) is 7.05 Å². The summed E-state index contributed by atoms with van der Waals surface area (Å²) in [6.07, 6.45) is 1.82. The van der Waals surface area contributed by atoms with Crippen molar-refractivity contribution in [3.63, 3.8) is 0 Å². The van der Waals surface area contributed by atoms with Gasteiger partial charge in [0.2, 0.25) is 0 Å². The molecule has 3 heteroatoms. The fourth-order valence-corrected chi connectivity index (χ4v) is 0.613. The van der Waals surface area contributed by atoms with Gasteiger partial charge in [0.15, 0.2) is 13.2 Å². The number of hydrogen-bond acceptors (Lipinski definition) is 1. The van der Waals surface area contributed by atoms with Crippen molar-refractivity contribution >= 4 is 0 Å². The summed E-state index contributed by atoms with van der Waals surface area (Å²) in [7, 11) is 3.55. The maximum atomic E-state index is 10.8. The molecular formula is C6H9N2O+. The quantitative estimate of drug-likeness (QED) is 0.417. The molecule has 1 aromatic rings. The molecule has 0 aliphatic carbocycles. The topological polar surface area (TPSA) is 25.9 Å². The van der Waals surface area contributed by atoms with Gasteiger partial charge in [0.1, 0.15) is 0 Å². The van der Waals surface area contributed by atoms with Crippen LogP contribution in [0.15, 0.2) is 23.1 Å². The molecule has 48 valence electrons. The predicted octanol–water partition coefficient (Wildman–Crippen LogP) is -0.790. The Hall–Kier alpha value is -1.12. The molecule has 0 radical (unpaired) electrons. The van der Waals surface area contributed by atoms with Gasteiger partial charge in [-0.1, -0.05) is 0 Å². The van der Waals surface area contributed by atoms with Crippen LogP contribution in [0, 0.1) is 0 Å². The number of aryl methyl sites for hydroxylation is 1. The normalized spacial score (nSPS) is 9.56. The molecule has 0 fully saturated rings. The Kier molecular flexibility index (Phi) is 1.34. The van der Waals surface area contributed by atoms with Crippen LogP contribution in [0.3, 0.4) is 0 Å². The van der Waals surface area contributed by atoms with Crippen molar-refractivity contribution in [3.05, 3.63) is 28.7 Å². The van der Waals surface area contributed by atoms with E-state index in [1.807, 2.05) is 13.2 Å². The standard InChI is InChI=1S/C6H9N2O/c1-7-5-3-4-6(9)8(7)2/h3-5H,1-2H3/q+1. The average molecular weight is 125 g/mol. The van der Waals surface area contributed by atoms with E-state index in [0.717, 1.165) is 0 Å². The number of rotatable bonds is 0. The molecule has 3 nitrogen and oxygen atoms in total. The van der Waals surface area contributed by atoms with Gasteiger partial charge in [-0.3, -0.25) is 4.79 Å². The molecule has 0 atom stereocenters. The van der Waals surface area contributed by atoms with Crippen molar-refractivity contribution < 1.29 is 4.68 Å². The molecular weight excluding hydrogens is 116 g/mol. The van der Waals surface area contributed by atoms with Crippen molar-refractivity contribution in [3.8, 4) is 0 Å². The lowest BCUT2D eigenvalue weighted by atomic mass is 10.6. The van der Waals surface area contributed by atoms with Crippen molar-refractivity contribution in [2.75, 3.05) is 0 Å². The van der Waals surface area contributed by atoms with Crippen LogP contribution in [0.25, 0.3) is 0 Å². The fraction of sp³-hybridized carbons (Fsp3) is 0.333. The summed E-state index contributed by atoms with van der Waals surface area (Å²) in [5, 5.41) is 0. The van der Waals surface area contributed by atoms with E-state index in [2.05, 4.69) is 0 Å². The molecule has 0 N–H and O–H groups in total. The third kappa shape index (κ3) is 0.988. The lowest BCUT2D eigenvalue weighted by Crippen LogP contribution is -2.46. The van der Waals surface area contributed by atoms with Crippen LogP contribution in [-0.4, -0.2) is 4.68 Å². The molecule has 0 aliphatic rings. The summed E-state index contributed by atoms with van der Waals surface area (Å²) in [6.45, 7) is 0. The van der Waals surface area contributed by atoms with Gasteiger partial charge in [-0.05, 0) is 0 Å². The highest BCUT2D eigenvalue weighted by Crippen LogP contribution is 1.63. The summed E-state index contributed by atoms with van der Waals surface area (Å²) in [5.41, 5.74) is 0.0139. The Bertz CT molecular complexity index is 264. The summed E-state index contributed by atoms with van der Waals surface area (Å²) in [4.78, 5) is 10.8. The van der Waals surface area contributed by atoms with Crippen LogP contribution < -0.4 is 10.2 Å². The monoisotopic (exact) mass is 125 g/mol. The van der Waals surface area contributed by atoms with Gasteiger partial charge in [0.25, 0.3) is 0 Å². The zero-order chi connectivity index (χ0) is 6.85. The predicted molar refractivity (Wildman–Crippen MR) is 32.9 cm³/mol. The van der Waals surface area contributed by atoms with Crippen LogP contribution in [0.4, 0.5) is 0 Å². The Morgan fingerprint density at radius 3 is 2.78 bits per heavy atom. The van der Waals surface area contributed by atoms with Crippen molar-refractivity contribution in [1.29, 1.82) is 0 Å². The van der Waals surface area contributed by atoms with Gasteiger partial charge < -0.3 is 0 Å². The summed E-state index contributed by atoms with van der Waals surface area (Å²) in [5.74, 6) is 0. The molecule has 0 bridgehead atoms. The van der Waals surface area contributed by atoms with E-state index in [0.29, 0.717) is 0 Å². The van der Waals surface area contributed by atoms with E-state index in [4.69, 9.17) is 0 Å². The van der Waals surface area contributed by atoms with E-state index in [9.17, 15) is 4.79 Å². The van der Waals surface area contributed by atoms with Crippen LogP contribution in [0.5, 0.6) is 0 Å². The maximum absolute atomic E-state index is 10.8. The first kappa shape index (κ1) is 6.01. The van der Waals surface area contributed by atoms with E-state index in [1.165, 1.54) is 10.7 Å². The Morgan fingerprint density at radius 1 is 1.67 bits per heavy atom. The molecule has 0 aromatic carbocycles. The minimum atomic E-state index is 0.0139. The SMILES string of the molecule is Cn1c(=O)ccc[n+]1C. The Balaban J connectivity index is 3.43. The average Bonchev–Trinajstić information content (AvgIpc) is 1.83. The summed E-state index contributed by atoms with van der Waals surface area (Å²) >= 11 is 0. The number of hydrogen-bond donors (Lipinski definition) is 0. The molecule has 0 unspecified atom stereocenters. The molecule has 9 heavy (non-hydrogen) atoms. The van der Waals surface area contributed by atoms with Crippen molar-refractivity contribution in [1.82, 2.24) is 4.68 Å². The second kappa shape index (κ2) is 2.01. The minimum absolute atomic E-state index is 0.0139. The van der Waals surface area contributed by atoms with E-state index in [-0.39, 0.29) is 5.56 Å². The fourth-order valence-electron chi connectivity index (χ4n) is 0.613. The highest BCUT2D eigenvalue weighted by atomic mass is 16.1. The molecule has 0 aliphatic heterocycles. The first-order valence-electron chi connectivity index (χ1n) is 2.74.